The van der Waals surface area contributed by atoms with Crippen LogP contribution in [-0.2, 0) is 11.2 Å². The van der Waals surface area contributed by atoms with Gasteiger partial charge in [-0.1, -0.05) is 0 Å². The maximum absolute atomic E-state index is 11.7. The second-order valence-corrected chi connectivity index (χ2v) is 6.99. The molecule has 0 unspecified atom stereocenters. The van der Waals surface area contributed by atoms with Crippen LogP contribution in [0.25, 0.3) is 10.6 Å². The molecular weight excluding hydrogens is 324 g/mol. The first-order valence-corrected chi connectivity index (χ1v) is 7.70. The Balaban J connectivity index is 2.04. The predicted molar refractivity (Wildman–Crippen MR) is 81.7 cm³/mol. The smallest absolute Gasteiger partial charge is 0.227 e. The van der Waals surface area contributed by atoms with Crippen LogP contribution in [0.4, 0.5) is 5.69 Å². The number of aromatic nitrogens is 1. The summed E-state index contributed by atoms with van der Waals surface area (Å²) in [6.45, 7) is 1.99. The van der Waals surface area contributed by atoms with Gasteiger partial charge in [-0.2, -0.15) is 0 Å². The van der Waals surface area contributed by atoms with E-state index in [0.717, 1.165) is 32.2 Å². The molecule has 19 heavy (non-hydrogen) atoms. The van der Waals surface area contributed by atoms with Crippen LogP contribution in [0, 0.1) is 6.92 Å². The molecule has 1 aromatic heterocycles. The maximum atomic E-state index is 11.7. The van der Waals surface area contributed by atoms with E-state index in [2.05, 4.69) is 27.0 Å². The Morgan fingerprint density at radius 3 is 2.84 bits per heavy atom. The average molecular weight is 337 g/mol. The van der Waals surface area contributed by atoms with Gasteiger partial charge in [0.25, 0.3) is 0 Å². The van der Waals surface area contributed by atoms with Crippen molar-refractivity contribution in [2.45, 2.75) is 19.8 Å². The molecule has 0 bridgehead atoms. The van der Waals surface area contributed by atoms with Crippen LogP contribution in [0.2, 0.25) is 0 Å². The summed E-state index contributed by atoms with van der Waals surface area (Å²) in [7, 11) is 1.84. The molecule has 3 rings (SSSR count). The standard InChI is InChI=1S/C14H13BrN2OS/c1-8-13(15)19-14(16-8)10-3-5-11-9(7-10)4-6-12(18)17(11)2/h3,5,7H,4,6H2,1-2H3. The fraction of sp³-hybridized carbons (Fsp3) is 0.286. The number of benzene rings is 1. The molecule has 0 saturated heterocycles. The fourth-order valence-corrected chi connectivity index (χ4v) is 3.63. The number of carbonyl (C=O) groups excluding carboxylic acids is 1. The van der Waals surface area contributed by atoms with Crippen LogP contribution in [0.15, 0.2) is 22.0 Å². The first kappa shape index (κ1) is 12.8. The van der Waals surface area contributed by atoms with Gasteiger partial charge in [0.2, 0.25) is 5.91 Å². The molecule has 0 atom stereocenters. The summed E-state index contributed by atoms with van der Waals surface area (Å²) in [5.41, 5.74) is 4.39. The van der Waals surface area contributed by atoms with Crippen LogP contribution < -0.4 is 4.90 Å². The van der Waals surface area contributed by atoms with Gasteiger partial charge in [-0.15, -0.1) is 11.3 Å². The summed E-state index contributed by atoms with van der Waals surface area (Å²) < 4.78 is 1.08. The second kappa shape index (κ2) is 4.72. The van der Waals surface area contributed by atoms with Gasteiger partial charge in [-0.05, 0) is 53.0 Å². The van der Waals surface area contributed by atoms with E-state index in [9.17, 15) is 4.79 Å². The minimum atomic E-state index is 0.188. The van der Waals surface area contributed by atoms with Crippen molar-refractivity contribution in [2.75, 3.05) is 11.9 Å². The number of halogens is 1. The molecule has 1 aromatic carbocycles. The van der Waals surface area contributed by atoms with Gasteiger partial charge in [0, 0.05) is 24.7 Å². The summed E-state index contributed by atoms with van der Waals surface area (Å²) >= 11 is 5.15. The van der Waals surface area contributed by atoms with Crippen molar-refractivity contribution in [3.05, 3.63) is 33.2 Å². The van der Waals surface area contributed by atoms with Crippen LogP contribution in [-0.4, -0.2) is 17.9 Å². The second-order valence-electron chi connectivity index (χ2n) is 4.67. The molecule has 2 aromatic rings. The van der Waals surface area contributed by atoms with Crippen LogP contribution in [0.5, 0.6) is 0 Å². The molecule has 3 nitrogen and oxygen atoms in total. The quantitative estimate of drug-likeness (QED) is 0.793. The Kier molecular flexibility index (Phi) is 3.19. The lowest BCUT2D eigenvalue weighted by Crippen LogP contribution is -2.30. The van der Waals surface area contributed by atoms with E-state index in [4.69, 9.17) is 0 Å². The van der Waals surface area contributed by atoms with E-state index >= 15 is 0 Å². The first-order valence-electron chi connectivity index (χ1n) is 6.09. The van der Waals surface area contributed by atoms with E-state index in [1.807, 2.05) is 26.1 Å². The van der Waals surface area contributed by atoms with Gasteiger partial charge < -0.3 is 4.90 Å². The molecule has 5 heteroatoms. The van der Waals surface area contributed by atoms with Crippen molar-refractivity contribution in [2.24, 2.45) is 0 Å². The third kappa shape index (κ3) is 2.21. The van der Waals surface area contributed by atoms with Gasteiger partial charge in [0.05, 0.1) is 9.48 Å². The third-order valence-corrected chi connectivity index (χ3v) is 5.46. The monoisotopic (exact) mass is 336 g/mol. The number of amides is 1. The summed E-state index contributed by atoms with van der Waals surface area (Å²) in [6.07, 6.45) is 1.41. The lowest BCUT2D eigenvalue weighted by molar-refractivity contribution is -0.118. The normalized spacial score (nSPS) is 14.7. The van der Waals surface area contributed by atoms with Gasteiger partial charge in [-0.3, -0.25) is 4.79 Å². The number of aryl methyl sites for hydroxylation is 2. The Morgan fingerprint density at radius 1 is 1.37 bits per heavy atom. The van der Waals surface area contributed by atoms with E-state index in [0.29, 0.717) is 6.42 Å². The SMILES string of the molecule is Cc1nc(-c2ccc3c(c2)CCC(=O)N3C)sc1Br. The molecule has 1 aliphatic rings. The molecule has 1 aliphatic heterocycles. The highest BCUT2D eigenvalue weighted by atomic mass is 79.9. The molecule has 0 fully saturated rings. The molecule has 2 heterocycles. The summed E-state index contributed by atoms with van der Waals surface area (Å²) in [4.78, 5) is 18.0. The Hall–Kier alpha value is -1.20. The van der Waals surface area contributed by atoms with Crippen molar-refractivity contribution >= 4 is 38.9 Å². The van der Waals surface area contributed by atoms with Gasteiger partial charge in [-0.25, -0.2) is 4.98 Å². The molecule has 98 valence electrons. The van der Waals surface area contributed by atoms with Gasteiger partial charge >= 0.3 is 0 Å². The van der Waals surface area contributed by atoms with Crippen molar-refractivity contribution < 1.29 is 4.79 Å². The van der Waals surface area contributed by atoms with Crippen molar-refractivity contribution in [1.29, 1.82) is 0 Å². The number of anilines is 1. The number of hydrogen-bond donors (Lipinski definition) is 0. The maximum Gasteiger partial charge on any atom is 0.227 e. The molecule has 0 aliphatic carbocycles. The van der Waals surface area contributed by atoms with E-state index in [1.54, 1.807) is 16.2 Å². The number of hydrogen-bond acceptors (Lipinski definition) is 3. The number of thiazole rings is 1. The summed E-state index contributed by atoms with van der Waals surface area (Å²) in [6, 6.07) is 6.22. The minimum absolute atomic E-state index is 0.188. The van der Waals surface area contributed by atoms with Crippen LogP contribution in [0.3, 0.4) is 0 Å². The van der Waals surface area contributed by atoms with Gasteiger partial charge in [0.1, 0.15) is 5.01 Å². The zero-order chi connectivity index (χ0) is 13.6. The first-order chi connectivity index (χ1) is 9.06. The van der Waals surface area contributed by atoms with E-state index in [-0.39, 0.29) is 5.91 Å². The lowest BCUT2D eigenvalue weighted by Gasteiger charge is -2.25. The Bertz CT molecular complexity index is 646. The molecular formula is C14H13BrN2OS. The largest absolute Gasteiger partial charge is 0.315 e. The van der Waals surface area contributed by atoms with Gasteiger partial charge in [0.15, 0.2) is 0 Å². The Labute approximate surface area is 124 Å². The Morgan fingerprint density at radius 2 is 2.16 bits per heavy atom. The van der Waals surface area contributed by atoms with Crippen LogP contribution in [0.1, 0.15) is 17.7 Å². The molecule has 0 spiro atoms. The van der Waals surface area contributed by atoms with E-state index in [1.165, 1.54) is 5.56 Å². The molecule has 0 N–H and O–H groups in total. The van der Waals surface area contributed by atoms with Crippen molar-refractivity contribution in [3.8, 4) is 10.6 Å². The highest BCUT2D eigenvalue weighted by Gasteiger charge is 2.21. The van der Waals surface area contributed by atoms with Crippen LogP contribution >= 0.6 is 27.3 Å². The zero-order valence-electron chi connectivity index (χ0n) is 10.7. The molecule has 1 amide bonds. The average Bonchev–Trinajstić information content (AvgIpc) is 2.74. The number of carbonyl (C=O) groups is 1. The lowest BCUT2D eigenvalue weighted by atomic mass is 9.99. The molecule has 0 saturated carbocycles. The number of rotatable bonds is 1. The number of fused-ring (bicyclic) bond motifs is 1. The number of nitrogens with zero attached hydrogens (tertiary/aromatic N) is 2. The topological polar surface area (TPSA) is 33.2 Å². The van der Waals surface area contributed by atoms with Crippen molar-refractivity contribution in [3.63, 3.8) is 0 Å². The summed E-state index contributed by atoms with van der Waals surface area (Å²) in [5, 5.41) is 1.02. The van der Waals surface area contributed by atoms with Crippen molar-refractivity contribution in [1.82, 2.24) is 4.98 Å². The predicted octanol–water partition coefficient (Wildman–Crippen LogP) is 3.79. The minimum Gasteiger partial charge on any atom is -0.315 e. The third-order valence-electron chi connectivity index (χ3n) is 3.41. The summed E-state index contributed by atoms with van der Waals surface area (Å²) in [5.74, 6) is 0.188. The molecule has 0 radical (unpaired) electrons. The highest BCUT2D eigenvalue weighted by molar-refractivity contribution is 9.11. The highest BCUT2D eigenvalue weighted by Crippen LogP contribution is 2.35. The zero-order valence-corrected chi connectivity index (χ0v) is 13.1. The fourth-order valence-electron chi connectivity index (χ4n) is 2.29. The van der Waals surface area contributed by atoms with E-state index < -0.39 is 0 Å².